The van der Waals surface area contributed by atoms with Crippen molar-refractivity contribution >= 4 is 0 Å². The Labute approximate surface area is 124 Å². The Kier molecular flexibility index (Phi) is 14.7. The quantitative estimate of drug-likeness (QED) is 0.276. The van der Waals surface area contributed by atoms with Crippen LogP contribution in [0.2, 0.25) is 0 Å². The van der Waals surface area contributed by atoms with Crippen molar-refractivity contribution in [3.8, 4) is 0 Å². The molecule has 0 aromatic rings. The lowest BCUT2D eigenvalue weighted by atomic mass is 10.4. The van der Waals surface area contributed by atoms with Crippen molar-refractivity contribution in [2.24, 2.45) is 0 Å². The Balaban J connectivity index is 3.38. The van der Waals surface area contributed by atoms with Crippen LogP contribution >= 0.6 is 0 Å². The molecule has 0 aromatic heterocycles. The molecular formula is C16H32O4. The third kappa shape index (κ3) is 14.0. The molecule has 2 atom stereocenters. The summed E-state index contributed by atoms with van der Waals surface area (Å²) in [5.41, 5.74) is 0. The highest BCUT2D eigenvalue weighted by Crippen LogP contribution is 1.98. The molecule has 0 bridgehead atoms. The highest BCUT2D eigenvalue weighted by molar-refractivity contribution is 4.81. The summed E-state index contributed by atoms with van der Waals surface area (Å²) in [6, 6.07) is 0. The lowest BCUT2D eigenvalue weighted by Crippen LogP contribution is -2.14. The zero-order valence-corrected chi connectivity index (χ0v) is 13.6. The van der Waals surface area contributed by atoms with Crippen LogP contribution < -0.4 is 0 Å². The summed E-state index contributed by atoms with van der Waals surface area (Å²) in [6.07, 6.45) is 8.02. The van der Waals surface area contributed by atoms with Gasteiger partial charge in [-0.15, -0.1) is 0 Å². The average Bonchev–Trinajstić information content (AvgIpc) is 2.43. The van der Waals surface area contributed by atoms with Gasteiger partial charge in [-0.3, -0.25) is 0 Å². The maximum atomic E-state index is 5.48. The Morgan fingerprint density at radius 3 is 1.45 bits per heavy atom. The lowest BCUT2D eigenvalue weighted by Gasteiger charge is -2.13. The monoisotopic (exact) mass is 288 g/mol. The van der Waals surface area contributed by atoms with E-state index in [0.29, 0.717) is 13.2 Å². The van der Waals surface area contributed by atoms with Gasteiger partial charge in [0.2, 0.25) is 0 Å². The number of rotatable bonds is 14. The molecule has 2 unspecified atom stereocenters. The fourth-order valence-electron chi connectivity index (χ4n) is 1.40. The van der Waals surface area contributed by atoms with E-state index in [1.165, 1.54) is 0 Å². The van der Waals surface area contributed by atoms with Gasteiger partial charge in [0.15, 0.2) is 12.6 Å². The highest BCUT2D eigenvalue weighted by Gasteiger charge is 2.00. The second-order valence-corrected chi connectivity index (χ2v) is 4.72. The predicted molar refractivity (Wildman–Crippen MR) is 81.7 cm³/mol. The zero-order valence-electron chi connectivity index (χ0n) is 13.6. The number of ether oxygens (including phenoxy) is 4. The second kappa shape index (κ2) is 15.0. The van der Waals surface area contributed by atoms with Crippen molar-refractivity contribution in [2.75, 3.05) is 26.4 Å². The molecule has 0 aliphatic carbocycles. The normalized spacial score (nSPS) is 14.8. The van der Waals surface area contributed by atoms with Crippen LogP contribution in [-0.4, -0.2) is 39.0 Å². The Morgan fingerprint density at radius 2 is 1.10 bits per heavy atom. The Hall–Kier alpha value is -0.420. The SMILES string of the molecule is CCCCOC(C)OCC=CCOC(C)OCCCC. The Morgan fingerprint density at radius 1 is 0.700 bits per heavy atom. The van der Waals surface area contributed by atoms with Gasteiger partial charge >= 0.3 is 0 Å². The molecule has 0 heterocycles. The molecule has 0 aliphatic rings. The summed E-state index contributed by atoms with van der Waals surface area (Å²) in [5, 5.41) is 0. The first-order valence-electron chi connectivity index (χ1n) is 7.82. The van der Waals surface area contributed by atoms with E-state index < -0.39 is 0 Å². The maximum Gasteiger partial charge on any atom is 0.155 e. The van der Waals surface area contributed by atoms with E-state index >= 15 is 0 Å². The van der Waals surface area contributed by atoms with Crippen molar-refractivity contribution in [1.82, 2.24) is 0 Å². The smallest absolute Gasteiger partial charge is 0.155 e. The second-order valence-electron chi connectivity index (χ2n) is 4.72. The molecule has 0 saturated heterocycles. The standard InChI is InChI=1S/C16H32O4/c1-5-7-11-17-15(3)19-13-9-10-14-20-16(4)18-12-8-6-2/h9-10,15-16H,5-8,11-14H2,1-4H3. The van der Waals surface area contributed by atoms with Gasteiger partial charge in [-0.2, -0.15) is 0 Å². The van der Waals surface area contributed by atoms with Crippen LogP contribution in [0.5, 0.6) is 0 Å². The van der Waals surface area contributed by atoms with Crippen molar-refractivity contribution in [3.05, 3.63) is 12.2 Å². The van der Waals surface area contributed by atoms with Crippen LogP contribution in [0.3, 0.4) is 0 Å². The molecular weight excluding hydrogens is 256 g/mol. The van der Waals surface area contributed by atoms with E-state index in [9.17, 15) is 0 Å². The summed E-state index contributed by atoms with van der Waals surface area (Å²) < 4.78 is 21.9. The van der Waals surface area contributed by atoms with Gasteiger partial charge in [-0.1, -0.05) is 38.8 Å². The lowest BCUT2D eigenvalue weighted by molar-refractivity contribution is -0.125. The highest BCUT2D eigenvalue weighted by atomic mass is 16.7. The van der Waals surface area contributed by atoms with Gasteiger partial charge in [-0.05, 0) is 26.7 Å². The first-order chi connectivity index (χ1) is 9.70. The summed E-state index contributed by atoms with van der Waals surface area (Å²) >= 11 is 0. The van der Waals surface area contributed by atoms with Gasteiger partial charge in [0.05, 0.1) is 13.2 Å². The van der Waals surface area contributed by atoms with Crippen LogP contribution in [-0.2, 0) is 18.9 Å². The number of hydrogen-bond donors (Lipinski definition) is 0. The van der Waals surface area contributed by atoms with Crippen LogP contribution in [0.25, 0.3) is 0 Å². The fourth-order valence-corrected chi connectivity index (χ4v) is 1.40. The zero-order chi connectivity index (χ0) is 15.1. The van der Waals surface area contributed by atoms with Crippen LogP contribution in [0, 0.1) is 0 Å². The van der Waals surface area contributed by atoms with E-state index in [0.717, 1.165) is 38.9 Å². The molecule has 0 N–H and O–H groups in total. The number of hydrogen-bond acceptors (Lipinski definition) is 4. The molecule has 0 spiro atoms. The Bertz CT molecular complexity index is 197. The van der Waals surface area contributed by atoms with Gasteiger partial charge in [0, 0.05) is 13.2 Å². The average molecular weight is 288 g/mol. The van der Waals surface area contributed by atoms with E-state index in [4.69, 9.17) is 18.9 Å². The minimum absolute atomic E-state index is 0.150. The van der Waals surface area contributed by atoms with Crippen LogP contribution in [0.4, 0.5) is 0 Å². The molecule has 0 saturated carbocycles. The molecule has 4 heteroatoms. The molecule has 0 amide bonds. The van der Waals surface area contributed by atoms with Crippen LogP contribution in [0.15, 0.2) is 12.2 Å². The molecule has 20 heavy (non-hydrogen) atoms. The third-order valence-corrected chi connectivity index (χ3v) is 2.72. The summed E-state index contributed by atoms with van der Waals surface area (Å²) in [5.74, 6) is 0. The molecule has 120 valence electrons. The van der Waals surface area contributed by atoms with Gasteiger partial charge in [0.1, 0.15) is 0 Å². The minimum Gasteiger partial charge on any atom is -0.353 e. The molecule has 0 aromatic carbocycles. The molecule has 0 rings (SSSR count). The first-order valence-corrected chi connectivity index (χ1v) is 7.82. The summed E-state index contributed by atoms with van der Waals surface area (Å²) in [4.78, 5) is 0. The molecule has 4 nitrogen and oxygen atoms in total. The topological polar surface area (TPSA) is 36.9 Å². The van der Waals surface area contributed by atoms with Crippen molar-refractivity contribution in [3.63, 3.8) is 0 Å². The van der Waals surface area contributed by atoms with Gasteiger partial charge < -0.3 is 18.9 Å². The van der Waals surface area contributed by atoms with E-state index in [1.54, 1.807) is 0 Å². The molecule has 0 fully saturated rings. The number of unbranched alkanes of at least 4 members (excludes halogenated alkanes) is 2. The predicted octanol–water partition coefficient (Wildman–Crippen LogP) is 3.90. The summed E-state index contributed by atoms with van der Waals surface area (Å²) in [6.45, 7) is 10.7. The first kappa shape index (κ1) is 19.6. The fraction of sp³-hybridized carbons (Fsp3) is 0.875. The van der Waals surface area contributed by atoms with Gasteiger partial charge in [-0.25, -0.2) is 0 Å². The summed E-state index contributed by atoms with van der Waals surface area (Å²) in [7, 11) is 0. The van der Waals surface area contributed by atoms with Gasteiger partial charge in [0.25, 0.3) is 0 Å². The van der Waals surface area contributed by atoms with Crippen molar-refractivity contribution < 1.29 is 18.9 Å². The van der Waals surface area contributed by atoms with E-state index in [2.05, 4.69) is 13.8 Å². The van der Waals surface area contributed by atoms with Crippen molar-refractivity contribution in [1.29, 1.82) is 0 Å². The minimum atomic E-state index is -0.150. The van der Waals surface area contributed by atoms with Crippen molar-refractivity contribution in [2.45, 2.75) is 66.0 Å². The van der Waals surface area contributed by atoms with Crippen LogP contribution in [0.1, 0.15) is 53.4 Å². The van der Waals surface area contributed by atoms with E-state index in [1.807, 2.05) is 26.0 Å². The van der Waals surface area contributed by atoms with E-state index in [-0.39, 0.29) is 12.6 Å². The molecule has 0 aliphatic heterocycles. The maximum absolute atomic E-state index is 5.48. The molecule has 0 radical (unpaired) electrons. The largest absolute Gasteiger partial charge is 0.353 e. The third-order valence-electron chi connectivity index (χ3n) is 2.72.